The smallest absolute Gasteiger partial charge is 0.333 e. The van der Waals surface area contributed by atoms with Gasteiger partial charge in [0.2, 0.25) is 0 Å². The summed E-state index contributed by atoms with van der Waals surface area (Å²) in [4.78, 5) is 85.5. The number of hydrogen-bond acceptors (Lipinski definition) is 11. The number of aliphatic carboxylic acids is 2. The lowest BCUT2D eigenvalue weighted by Gasteiger charge is -2.36. The number of carbonyl (C=O) groups excluding carboxylic acids is 5. The molecular formula is C29H38O13. The van der Waals surface area contributed by atoms with Gasteiger partial charge < -0.3 is 29.2 Å². The largest absolute Gasteiger partial charge is 0.481 e. The topological polar surface area (TPSA) is 197 Å². The van der Waals surface area contributed by atoms with Crippen molar-refractivity contribution in [1.29, 1.82) is 0 Å². The lowest BCUT2D eigenvalue weighted by Crippen LogP contribution is -2.43. The van der Waals surface area contributed by atoms with E-state index in [1.165, 1.54) is 13.8 Å². The van der Waals surface area contributed by atoms with Crippen molar-refractivity contribution < 1.29 is 62.7 Å². The van der Waals surface area contributed by atoms with Gasteiger partial charge in [-0.05, 0) is 52.4 Å². The van der Waals surface area contributed by atoms with E-state index >= 15 is 0 Å². The fraction of sp³-hybridized carbons (Fsp3) is 0.621. The lowest BCUT2D eigenvalue weighted by molar-refractivity contribution is -0.165. The van der Waals surface area contributed by atoms with E-state index in [0.29, 0.717) is 0 Å². The Hall–Kier alpha value is -4.03. The van der Waals surface area contributed by atoms with Gasteiger partial charge in [0.1, 0.15) is 32.2 Å². The Morgan fingerprint density at radius 3 is 1.38 bits per heavy atom. The summed E-state index contributed by atoms with van der Waals surface area (Å²) in [5.74, 6) is -11.4. The summed E-state index contributed by atoms with van der Waals surface area (Å²) in [6.45, 7) is 8.77. The maximum atomic E-state index is 13.4. The Morgan fingerprint density at radius 2 is 0.952 bits per heavy atom. The van der Waals surface area contributed by atoms with Gasteiger partial charge in [-0.2, -0.15) is 0 Å². The molecular weight excluding hydrogens is 556 g/mol. The summed E-state index contributed by atoms with van der Waals surface area (Å²) < 4.78 is 20.0. The highest BCUT2D eigenvalue weighted by atomic mass is 16.6. The highest BCUT2D eigenvalue weighted by molar-refractivity contribution is 5.89. The van der Waals surface area contributed by atoms with Crippen LogP contribution in [0.1, 0.15) is 52.4 Å². The van der Waals surface area contributed by atoms with Gasteiger partial charge in [-0.25, -0.2) is 9.59 Å². The maximum Gasteiger partial charge on any atom is 0.333 e. The highest BCUT2D eigenvalue weighted by Gasteiger charge is 2.47. The van der Waals surface area contributed by atoms with E-state index in [1.807, 2.05) is 0 Å². The monoisotopic (exact) mass is 594 g/mol. The third-order valence-electron chi connectivity index (χ3n) is 7.56. The molecule has 0 saturated heterocycles. The van der Waals surface area contributed by atoms with Gasteiger partial charge in [0.25, 0.3) is 0 Å². The highest BCUT2D eigenvalue weighted by Crippen LogP contribution is 2.41. The molecule has 0 aliphatic heterocycles. The molecule has 2 aliphatic carbocycles. The zero-order valence-corrected chi connectivity index (χ0v) is 23.8. The van der Waals surface area contributed by atoms with Crippen LogP contribution < -0.4 is 0 Å². The molecule has 0 aromatic heterocycles. The van der Waals surface area contributed by atoms with Crippen LogP contribution in [0.3, 0.4) is 0 Å². The third-order valence-corrected chi connectivity index (χ3v) is 7.56. The standard InChI is InChI=1S/C29H38O13/c1-15(2)26(35)39-9-11-41-28(37)20-8-6-17(13-21(20)25(33)34)23(30)18-5-7-19(24(31)32)22(14-18)29(38)42-12-10-40-27(36)16(3)4/h17-22H,1,3,5-14H2,2,4H3,(H,31,32)(H,33,34). The Bertz CT molecular complexity index is 1110. The quantitative estimate of drug-likeness (QED) is 0.128. The first-order chi connectivity index (χ1) is 19.7. The van der Waals surface area contributed by atoms with Gasteiger partial charge in [0.15, 0.2) is 0 Å². The van der Waals surface area contributed by atoms with Crippen LogP contribution in [0.5, 0.6) is 0 Å². The zero-order chi connectivity index (χ0) is 31.6. The SMILES string of the molecule is C=C(C)C(=O)OCCOC(=O)C1CCC(C(=O)C2CCC(C(=O)O)C(C(=O)OCCOC(=O)C(=C)C)C2)CC1C(=O)O. The van der Waals surface area contributed by atoms with Gasteiger partial charge in [-0.1, -0.05) is 13.2 Å². The number of ketones is 1. The van der Waals surface area contributed by atoms with Crippen LogP contribution >= 0.6 is 0 Å². The Balaban J connectivity index is 1.98. The summed E-state index contributed by atoms with van der Waals surface area (Å²) in [5, 5.41) is 19.4. The van der Waals surface area contributed by atoms with E-state index in [1.54, 1.807) is 0 Å². The Morgan fingerprint density at radius 1 is 0.571 bits per heavy atom. The van der Waals surface area contributed by atoms with Crippen molar-refractivity contribution in [3.05, 3.63) is 24.3 Å². The molecule has 13 nitrogen and oxygen atoms in total. The van der Waals surface area contributed by atoms with Crippen molar-refractivity contribution in [2.75, 3.05) is 26.4 Å². The number of hydrogen-bond donors (Lipinski definition) is 2. The molecule has 6 unspecified atom stereocenters. The van der Waals surface area contributed by atoms with Gasteiger partial charge in [0.05, 0.1) is 23.7 Å². The molecule has 0 bridgehead atoms. The summed E-state index contributed by atoms with van der Waals surface area (Å²) in [5.41, 5.74) is 0.343. The van der Waals surface area contributed by atoms with Crippen LogP contribution in [-0.2, 0) is 52.5 Å². The first-order valence-electron chi connectivity index (χ1n) is 13.7. The van der Waals surface area contributed by atoms with Crippen molar-refractivity contribution in [1.82, 2.24) is 0 Å². The molecule has 2 fully saturated rings. The minimum absolute atomic E-state index is 0.0517. The van der Waals surface area contributed by atoms with Crippen LogP contribution in [0.2, 0.25) is 0 Å². The van der Waals surface area contributed by atoms with E-state index in [-0.39, 0.29) is 81.9 Å². The second-order valence-corrected chi connectivity index (χ2v) is 10.7. The summed E-state index contributed by atoms with van der Waals surface area (Å²) in [6.07, 6.45) is 0.365. The second-order valence-electron chi connectivity index (χ2n) is 10.7. The predicted molar refractivity (Wildman–Crippen MR) is 142 cm³/mol. The maximum absolute atomic E-state index is 13.4. The first-order valence-corrected chi connectivity index (χ1v) is 13.7. The number of carboxylic acid groups (broad SMARTS) is 2. The number of Topliss-reactive ketones (excluding diaryl/α,β-unsaturated/α-hetero) is 1. The molecule has 6 atom stereocenters. The van der Waals surface area contributed by atoms with Crippen LogP contribution in [0.4, 0.5) is 0 Å². The minimum Gasteiger partial charge on any atom is -0.481 e. The molecule has 0 amide bonds. The van der Waals surface area contributed by atoms with Crippen LogP contribution in [-0.4, -0.2) is 78.2 Å². The zero-order valence-electron chi connectivity index (χ0n) is 23.8. The normalized spacial score (nSPS) is 25.3. The van der Waals surface area contributed by atoms with Crippen LogP contribution in [0.25, 0.3) is 0 Å². The fourth-order valence-corrected chi connectivity index (χ4v) is 5.32. The molecule has 2 aliphatic rings. The van der Waals surface area contributed by atoms with Crippen molar-refractivity contribution in [2.45, 2.75) is 52.4 Å². The van der Waals surface area contributed by atoms with Gasteiger partial charge in [0, 0.05) is 23.0 Å². The Labute approximate surface area is 243 Å². The summed E-state index contributed by atoms with van der Waals surface area (Å²) >= 11 is 0. The first kappa shape index (κ1) is 34.2. The van der Waals surface area contributed by atoms with E-state index in [4.69, 9.17) is 18.9 Å². The fourth-order valence-electron chi connectivity index (χ4n) is 5.32. The number of ether oxygens (including phenoxy) is 4. The Kier molecular flexibility index (Phi) is 12.9. The van der Waals surface area contributed by atoms with E-state index in [2.05, 4.69) is 13.2 Å². The average molecular weight is 595 g/mol. The van der Waals surface area contributed by atoms with E-state index < -0.39 is 71.3 Å². The van der Waals surface area contributed by atoms with Crippen molar-refractivity contribution in [3.8, 4) is 0 Å². The number of rotatable bonds is 14. The third kappa shape index (κ3) is 9.52. The average Bonchev–Trinajstić information content (AvgIpc) is 2.95. The van der Waals surface area contributed by atoms with E-state index in [0.717, 1.165) is 0 Å². The van der Waals surface area contributed by atoms with Crippen LogP contribution in [0, 0.1) is 35.5 Å². The number of carbonyl (C=O) groups is 7. The predicted octanol–water partition coefficient (Wildman–Crippen LogP) is 2.11. The van der Waals surface area contributed by atoms with Gasteiger partial charge >= 0.3 is 35.8 Å². The molecule has 0 aromatic rings. The van der Waals surface area contributed by atoms with Crippen molar-refractivity contribution in [2.24, 2.45) is 35.5 Å². The molecule has 13 heteroatoms. The molecule has 2 N–H and O–H groups in total. The molecule has 0 spiro atoms. The number of carboxylic acids is 2. The lowest BCUT2D eigenvalue weighted by atomic mass is 9.66. The molecule has 2 rings (SSSR count). The summed E-state index contributed by atoms with van der Waals surface area (Å²) in [7, 11) is 0. The molecule has 0 aromatic carbocycles. The van der Waals surface area contributed by atoms with Gasteiger partial charge in [-0.3, -0.25) is 24.0 Å². The number of esters is 4. The van der Waals surface area contributed by atoms with E-state index in [9.17, 15) is 43.8 Å². The molecule has 0 radical (unpaired) electrons. The minimum atomic E-state index is -1.26. The molecule has 2 saturated carbocycles. The second kappa shape index (κ2) is 15.8. The molecule has 42 heavy (non-hydrogen) atoms. The van der Waals surface area contributed by atoms with Crippen molar-refractivity contribution >= 4 is 41.6 Å². The molecule has 232 valence electrons. The summed E-state index contributed by atoms with van der Waals surface area (Å²) in [6, 6.07) is 0. The van der Waals surface area contributed by atoms with Crippen molar-refractivity contribution in [3.63, 3.8) is 0 Å². The molecule has 0 heterocycles. The van der Waals surface area contributed by atoms with Crippen LogP contribution in [0.15, 0.2) is 24.3 Å². The van der Waals surface area contributed by atoms with Gasteiger partial charge in [-0.15, -0.1) is 0 Å².